The Hall–Kier alpha value is -1.32. The largest absolute Gasteiger partial charge is 0.489 e. The molecule has 0 bridgehead atoms. The Morgan fingerprint density at radius 2 is 1.86 bits per heavy atom. The van der Waals surface area contributed by atoms with Crippen LogP contribution in [0, 0.1) is 6.92 Å². The lowest BCUT2D eigenvalue weighted by molar-refractivity contribution is 0.425. The van der Waals surface area contributed by atoms with E-state index in [1.807, 2.05) is 19.1 Å². The number of rotatable bonds is 3. The van der Waals surface area contributed by atoms with Gasteiger partial charge in [-0.3, -0.25) is 0 Å². The van der Waals surface area contributed by atoms with Crippen LogP contribution in [0.4, 0.5) is 0 Å². The van der Waals surface area contributed by atoms with Crippen LogP contribution in [-0.2, 0) is 0 Å². The van der Waals surface area contributed by atoms with Gasteiger partial charge < -0.3 is 10.0 Å². The third-order valence-electron chi connectivity index (χ3n) is 2.22. The Balaban J connectivity index is 3.50. The van der Waals surface area contributed by atoms with Crippen molar-refractivity contribution in [2.75, 3.05) is 0 Å². The second-order valence-corrected chi connectivity index (χ2v) is 3.08. The van der Waals surface area contributed by atoms with E-state index in [4.69, 9.17) is 0 Å². The van der Waals surface area contributed by atoms with Crippen LogP contribution >= 0.6 is 0 Å². The summed E-state index contributed by atoms with van der Waals surface area (Å²) in [6.45, 7) is 9.14. The van der Waals surface area contributed by atoms with Crippen molar-refractivity contribution in [3.63, 3.8) is 0 Å². The van der Waals surface area contributed by atoms with Gasteiger partial charge in [-0.25, -0.2) is 0 Å². The molecule has 0 aromatic heterocycles. The predicted molar refractivity (Wildman–Crippen MR) is 61.2 cm³/mol. The topological polar surface area (TPSA) is 40.5 Å². The van der Waals surface area contributed by atoms with Crippen molar-refractivity contribution >= 4 is 24.7 Å². The zero-order valence-electron chi connectivity index (χ0n) is 8.20. The molecular weight excluding hydrogens is 175 g/mol. The van der Waals surface area contributed by atoms with Gasteiger partial charge in [0.2, 0.25) is 0 Å². The molecule has 0 fully saturated rings. The van der Waals surface area contributed by atoms with Crippen LogP contribution < -0.4 is 5.46 Å². The maximum absolute atomic E-state index is 9.21. The zero-order valence-corrected chi connectivity index (χ0v) is 8.20. The van der Waals surface area contributed by atoms with Crippen molar-refractivity contribution in [1.82, 2.24) is 0 Å². The van der Waals surface area contributed by atoms with Gasteiger partial charge in [-0.2, -0.15) is 0 Å². The molecule has 14 heavy (non-hydrogen) atoms. The van der Waals surface area contributed by atoms with E-state index in [1.165, 1.54) is 0 Å². The highest BCUT2D eigenvalue weighted by atomic mass is 16.4. The second kappa shape index (κ2) is 4.27. The summed E-state index contributed by atoms with van der Waals surface area (Å²) in [6.07, 6.45) is 3.28. The van der Waals surface area contributed by atoms with E-state index in [-0.39, 0.29) is 0 Å². The molecule has 1 aromatic carbocycles. The molecule has 1 rings (SSSR count). The molecule has 0 saturated heterocycles. The third kappa shape index (κ3) is 1.79. The zero-order chi connectivity index (χ0) is 10.7. The molecular formula is C11H13BO2. The van der Waals surface area contributed by atoms with Crippen molar-refractivity contribution in [2.24, 2.45) is 0 Å². The maximum atomic E-state index is 9.21. The summed E-state index contributed by atoms with van der Waals surface area (Å²) in [7, 11) is -1.47. The summed E-state index contributed by atoms with van der Waals surface area (Å²) in [5.74, 6) is 0. The van der Waals surface area contributed by atoms with Crippen LogP contribution in [0.3, 0.4) is 0 Å². The summed E-state index contributed by atoms with van der Waals surface area (Å²) in [5, 5.41) is 18.4. The Kier molecular flexibility index (Phi) is 3.28. The average molecular weight is 188 g/mol. The average Bonchev–Trinajstić information content (AvgIpc) is 2.16. The first-order chi connectivity index (χ1) is 6.61. The normalized spacial score (nSPS) is 9.64. The Morgan fingerprint density at radius 3 is 2.29 bits per heavy atom. The first-order valence-electron chi connectivity index (χ1n) is 4.36. The fraction of sp³-hybridized carbons (Fsp3) is 0.0909. The highest BCUT2D eigenvalue weighted by Gasteiger charge is 2.18. The SMILES string of the molecule is C=Cc1ccc(C)c(B(O)O)c1C=C. The summed E-state index contributed by atoms with van der Waals surface area (Å²) < 4.78 is 0. The molecule has 72 valence electrons. The molecule has 0 aliphatic carbocycles. The first-order valence-corrected chi connectivity index (χ1v) is 4.36. The van der Waals surface area contributed by atoms with Crippen LogP contribution in [0.25, 0.3) is 12.2 Å². The number of benzene rings is 1. The van der Waals surface area contributed by atoms with Gasteiger partial charge in [-0.05, 0) is 23.5 Å². The predicted octanol–water partition coefficient (Wildman–Crippen LogP) is 0.961. The van der Waals surface area contributed by atoms with Gasteiger partial charge in [0, 0.05) is 0 Å². The van der Waals surface area contributed by atoms with Crippen LogP contribution in [0.5, 0.6) is 0 Å². The highest BCUT2D eigenvalue weighted by Crippen LogP contribution is 2.12. The highest BCUT2D eigenvalue weighted by molar-refractivity contribution is 6.60. The van der Waals surface area contributed by atoms with Gasteiger partial charge >= 0.3 is 7.12 Å². The minimum atomic E-state index is -1.47. The lowest BCUT2D eigenvalue weighted by Crippen LogP contribution is -2.34. The van der Waals surface area contributed by atoms with Gasteiger partial charge in [0.05, 0.1) is 0 Å². The van der Waals surface area contributed by atoms with Crippen molar-refractivity contribution in [3.05, 3.63) is 42.0 Å². The smallest absolute Gasteiger partial charge is 0.423 e. The fourth-order valence-electron chi connectivity index (χ4n) is 1.51. The van der Waals surface area contributed by atoms with Gasteiger partial charge in [0.25, 0.3) is 0 Å². The van der Waals surface area contributed by atoms with E-state index >= 15 is 0 Å². The Bertz CT molecular complexity index is 370. The quantitative estimate of drug-likeness (QED) is 0.693. The first kappa shape index (κ1) is 10.8. The van der Waals surface area contributed by atoms with Gasteiger partial charge in [-0.15, -0.1) is 0 Å². The van der Waals surface area contributed by atoms with Crippen molar-refractivity contribution in [1.29, 1.82) is 0 Å². The summed E-state index contributed by atoms with van der Waals surface area (Å²) in [4.78, 5) is 0. The monoisotopic (exact) mass is 188 g/mol. The lowest BCUT2D eigenvalue weighted by atomic mass is 9.73. The fourth-order valence-corrected chi connectivity index (χ4v) is 1.51. The summed E-state index contributed by atoms with van der Waals surface area (Å²) in [5.41, 5.74) is 2.92. The van der Waals surface area contributed by atoms with E-state index in [1.54, 1.807) is 12.2 Å². The van der Waals surface area contributed by atoms with E-state index in [0.29, 0.717) is 5.46 Å². The Labute approximate surface area is 84.4 Å². The summed E-state index contributed by atoms with van der Waals surface area (Å²) >= 11 is 0. The van der Waals surface area contributed by atoms with Crippen LogP contribution in [-0.4, -0.2) is 17.2 Å². The maximum Gasteiger partial charge on any atom is 0.489 e. The number of hydrogen-bond acceptors (Lipinski definition) is 2. The molecule has 3 heteroatoms. The second-order valence-electron chi connectivity index (χ2n) is 3.08. The van der Waals surface area contributed by atoms with Crippen molar-refractivity contribution in [2.45, 2.75) is 6.92 Å². The molecule has 0 atom stereocenters. The molecule has 0 radical (unpaired) electrons. The van der Waals surface area contributed by atoms with Crippen LogP contribution in [0.2, 0.25) is 0 Å². The van der Waals surface area contributed by atoms with Crippen molar-refractivity contribution in [3.8, 4) is 0 Å². The molecule has 0 unspecified atom stereocenters. The minimum Gasteiger partial charge on any atom is -0.423 e. The number of aryl methyl sites for hydroxylation is 1. The molecule has 0 aliphatic rings. The molecule has 0 spiro atoms. The minimum absolute atomic E-state index is 0.498. The third-order valence-corrected chi connectivity index (χ3v) is 2.22. The van der Waals surface area contributed by atoms with E-state index in [9.17, 15) is 10.0 Å². The molecule has 0 aliphatic heterocycles. The van der Waals surface area contributed by atoms with E-state index < -0.39 is 7.12 Å². The van der Waals surface area contributed by atoms with Crippen LogP contribution in [0.1, 0.15) is 16.7 Å². The molecule has 0 heterocycles. The Morgan fingerprint density at radius 1 is 1.21 bits per heavy atom. The molecule has 0 amide bonds. The molecule has 1 aromatic rings. The molecule has 2 N–H and O–H groups in total. The van der Waals surface area contributed by atoms with E-state index in [2.05, 4.69) is 13.2 Å². The van der Waals surface area contributed by atoms with Crippen LogP contribution in [0.15, 0.2) is 25.3 Å². The number of hydrogen-bond donors (Lipinski definition) is 2. The lowest BCUT2D eigenvalue weighted by Gasteiger charge is -2.11. The van der Waals surface area contributed by atoms with E-state index in [0.717, 1.165) is 16.7 Å². The van der Waals surface area contributed by atoms with Gasteiger partial charge in [0.15, 0.2) is 0 Å². The van der Waals surface area contributed by atoms with Crippen molar-refractivity contribution < 1.29 is 10.0 Å². The van der Waals surface area contributed by atoms with Gasteiger partial charge in [-0.1, -0.05) is 43.0 Å². The summed E-state index contributed by atoms with van der Waals surface area (Å²) in [6, 6.07) is 3.71. The standard InChI is InChI=1S/C11H13BO2/c1-4-9-7-6-8(3)11(12(13)14)10(9)5-2/h4-7,13-14H,1-2H2,3H3. The van der Waals surface area contributed by atoms with Gasteiger partial charge in [0.1, 0.15) is 0 Å². The molecule has 2 nitrogen and oxygen atoms in total. The molecule has 0 saturated carbocycles.